The van der Waals surface area contributed by atoms with Gasteiger partial charge in [0.05, 0.1) is 10.7 Å². The second-order valence-electron chi connectivity index (χ2n) is 5.61. The van der Waals surface area contributed by atoms with Crippen LogP contribution in [-0.2, 0) is 4.79 Å². The summed E-state index contributed by atoms with van der Waals surface area (Å²) in [5, 5.41) is 3.06. The molecule has 0 radical (unpaired) electrons. The molecule has 1 rings (SSSR count). The van der Waals surface area contributed by atoms with Crippen molar-refractivity contribution in [3.63, 3.8) is 0 Å². The molecule has 0 aliphatic carbocycles. The van der Waals surface area contributed by atoms with Crippen LogP contribution in [0.25, 0.3) is 0 Å². The molecule has 0 atom stereocenters. The molecule has 0 spiro atoms. The highest BCUT2D eigenvalue weighted by molar-refractivity contribution is 6.33. The van der Waals surface area contributed by atoms with E-state index in [-0.39, 0.29) is 18.2 Å². The molecule has 1 aromatic rings. The zero-order chi connectivity index (χ0) is 15.5. The molecule has 5 nitrogen and oxygen atoms in total. The fraction of sp³-hybridized carbons (Fsp3) is 0.429. The molecule has 110 valence electrons. The monoisotopic (exact) mass is 297 g/mol. The lowest BCUT2D eigenvalue weighted by molar-refractivity contribution is -0.117. The average molecular weight is 298 g/mol. The molecule has 0 saturated carbocycles. The average Bonchev–Trinajstić information content (AvgIpc) is 2.28. The molecule has 3 N–H and O–H groups in total. The standard InChI is InChI=1S/C14H20ClN3O2/c1-14(2,16)8-12(19)17-11-7-9(5-6-10(11)15)13(20)18(3)4/h5-7H,8,16H2,1-4H3,(H,17,19). The molecule has 0 aliphatic heterocycles. The highest BCUT2D eigenvalue weighted by atomic mass is 35.5. The number of amides is 2. The van der Waals surface area contributed by atoms with E-state index in [2.05, 4.69) is 5.32 Å². The molecule has 0 heterocycles. The van der Waals surface area contributed by atoms with Crippen LogP contribution in [0.2, 0.25) is 5.02 Å². The lowest BCUT2D eigenvalue weighted by Crippen LogP contribution is -2.36. The van der Waals surface area contributed by atoms with Gasteiger partial charge in [0.15, 0.2) is 0 Å². The van der Waals surface area contributed by atoms with Crippen molar-refractivity contribution in [2.24, 2.45) is 5.73 Å². The Hall–Kier alpha value is -1.59. The number of nitrogens with zero attached hydrogens (tertiary/aromatic N) is 1. The molecule has 0 bridgehead atoms. The first-order valence-corrected chi connectivity index (χ1v) is 6.58. The quantitative estimate of drug-likeness (QED) is 0.893. The molecule has 2 amide bonds. The summed E-state index contributed by atoms with van der Waals surface area (Å²) in [6.45, 7) is 3.53. The highest BCUT2D eigenvalue weighted by Crippen LogP contribution is 2.24. The number of halogens is 1. The fourth-order valence-electron chi connectivity index (χ4n) is 1.62. The molecule has 0 saturated heterocycles. The predicted molar refractivity (Wildman–Crippen MR) is 81.0 cm³/mol. The van der Waals surface area contributed by atoms with E-state index in [0.29, 0.717) is 16.3 Å². The van der Waals surface area contributed by atoms with Gasteiger partial charge in [-0.25, -0.2) is 0 Å². The Bertz CT molecular complexity index is 522. The van der Waals surface area contributed by atoms with Crippen molar-refractivity contribution in [2.45, 2.75) is 25.8 Å². The Balaban J connectivity index is 2.93. The normalized spacial score (nSPS) is 11.1. The van der Waals surface area contributed by atoms with E-state index >= 15 is 0 Å². The number of anilines is 1. The third-order valence-electron chi connectivity index (χ3n) is 2.51. The maximum atomic E-state index is 11.9. The smallest absolute Gasteiger partial charge is 0.253 e. The second kappa shape index (κ2) is 6.24. The van der Waals surface area contributed by atoms with Crippen molar-refractivity contribution in [1.29, 1.82) is 0 Å². The number of nitrogens with two attached hydrogens (primary N) is 1. The number of rotatable bonds is 4. The van der Waals surface area contributed by atoms with Crippen molar-refractivity contribution in [3.8, 4) is 0 Å². The van der Waals surface area contributed by atoms with Crippen LogP contribution in [0.4, 0.5) is 5.69 Å². The fourth-order valence-corrected chi connectivity index (χ4v) is 1.79. The van der Waals surface area contributed by atoms with Gasteiger partial charge >= 0.3 is 0 Å². The maximum absolute atomic E-state index is 11.9. The number of nitrogens with one attached hydrogen (secondary N) is 1. The summed E-state index contributed by atoms with van der Waals surface area (Å²) >= 11 is 6.02. The minimum Gasteiger partial charge on any atom is -0.345 e. The molecular weight excluding hydrogens is 278 g/mol. The van der Waals surface area contributed by atoms with Crippen LogP contribution in [0.1, 0.15) is 30.6 Å². The number of carbonyl (C=O) groups excluding carboxylic acids is 2. The van der Waals surface area contributed by atoms with E-state index in [1.807, 2.05) is 0 Å². The number of hydrogen-bond donors (Lipinski definition) is 2. The topological polar surface area (TPSA) is 75.4 Å². The summed E-state index contributed by atoms with van der Waals surface area (Å²) < 4.78 is 0. The first kappa shape index (κ1) is 16.5. The summed E-state index contributed by atoms with van der Waals surface area (Å²) in [5.74, 6) is -0.398. The van der Waals surface area contributed by atoms with E-state index in [1.54, 1.807) is 46.1 Å². The van der Waals surface area contributed by atoms with Gasteiger partial charge in [-0.05, 0) is 32.0 Å². The second-order valence-corrected chi connectivity index (χ2v) is 6.01. The summed E-state index contributed by atoms with van der Waals surface area (Å²) in [5.41, 5.74) is 6.06. The van der Waals surface area contributed by atoms with Gasteiger partial charge in [-0.1, -0.05) is 11.6 Å². The van der Waals surface area contributed by atoms with Crippen molar-refractivity contribution in [2.75, 3.05) is 19.4 Å². The SMILES string of the molecule is CN(C)C(=O)c1ccc(Cl)c(NC(=O)CC(C)(C)N)c1. The highest BCUT2D eigenvalue weighted by Gasteiger charge is 2.18. The minimum atomic E-state index is -0.604. The van der Waals surface area contributed by atoms with E-state index in [4.69, 9.17) is 17.3 Å². The van der Waals surface area contributed by atoms with Gasteiger partial charge in [0.25, 0.3) is 5.91 Å². The molecule has 6 heteroatoms. The molecule has 0 unspecified atom stereocenters. The first-order valence-electron chi connectivity index (χ1n) is 6.20. The van der Waals surface area contributed by atoms with Crippen molar-refractivity contribution in [3.05, 3.63) is 28.8 Å². The van der Waals surface area contributed by atoms with Crippen LogP contribution in [0.5, 0.6) is 0 Å². The minimum absolute atomic E-state index is 0.156. The summed E-state index contributed by atoms with van der Waals surface area (Å²) in [7, 11) is 3.32. The molecule has 1 aromatic carbocycles. The molecule has 20 heavy (non-hydrogen) atoms. The van der Waals surface area contributed by atoms with Gasteiger partial charge in [-0.15, -0.1) is 0 Å². The van der Waals surface area contributed by atoms with Crippen molar-refractivity contribution < 1.29 is 9.59 Å². The zero-order valence-electron chi connectivity index (χ0n) is 12.2. The van der Waals surface area contributed by atoms with Crippen molar-refractivity contribution in [1.82, 2.24) is 4.90 Å². The van der Waals surface area contributed by atoms with Crippen LogP contribution in [-0.4, -0.2) is 36.3 Å². The van der Waals surface area contributed by atoms with Gasteiger partial charge in [-0.3, -0.25) is 9.59 Å². The van der Waals surface area contributed by atoms with Crippen molar-refractivity contribution >= 4 is 29.1 Å². The Morgan fingerprint density at radius 1 is 1.35 bits per heavy atom. The third kappa shape index (κ3) is 4.83. The van der Waals surface area contributed by atoms with E-state index in [0.717, 1.165) is 0 Å². The van der Waals surface area contributed by atoms with Crippen LogP contribution in [0.15, 0.2) is 18.2 Å². The van der Waals surface area contributed by atoms with E-state index in [9.17, 15) is 9.59 Å². The Kier molecular flexibility index (Phi) is 5.14. The lowest BCUT2D eigenvalue weighted by Gasteiger charge is -2.18. The predicted octanol–water partition coefficient (Wildman–Crippen LogP) is 2.11. The molecule has 0 aliphatic rings. The Labute approximate surface area is 124 Å². The van der Waals surface area contributed by atoms with Crippen LogP contribution in [0, 0.1) is 0 Å². The first-order chi connectivity index (χ1) is 9.10. The van der Waals surface area contributed by atoms with Crippen LogP contribution >= 0.6 is 11.6 Å². The lowest BCUT2D eigenvalue weighted by atomic mass is 10.0. The Morgan fingerprint density at radius 2 is 1.95 bits per heavy atom. The van der Waals surface area contributed by atoms with Gasteiger partial charge < -0.3 is 16.0 Å². The largest absolute Gasteiger partial charge is 0.345 e. The van der Waals surface area contributed by atoms with E-state index < -0.39 is 5.54 Å². The maximum Gasteiger partial charge on any atom is 0.253 e. The molecule has 0 fully saturated rings. The molecular formula is C14H20ClN3O2. The summed E-state index contributed by atoms with van der Waals surface area (Å²) in [4.78, 5) is 25.2. The van der Waals surface area contributed by atoms with Crippen LogP contribution in [0.3, 0.4) is 0 Å². The van der Waals surface area contributed by atoms with Gasteiger partial charge in [0, 0.05) is 31.6 Å². The summed E-state index contributed by atoms with van der Waals surface area (Å²) in [6.07, 6.45) is 0.162. The summed E-state index contributed by atoms with van der Waals surface area (Å²) in [6, 6.07) is 4.76. The number of benzene rings is 1. The van der Waals surface area contributed by atoms with Gasteiger partial charge in [0.1, 0.15) is 0 Å². The third-order valence-corrected chi connectivity index (χ3v) is 2.84. The van der Waals surface area contributed by atoms with E-state index in [1.165, 1.54) is 4.90 Å². The van der Waals surface area contributed by atoms with Gasteiger partial charge in [-0.2, -0.15) is 0 Å². The van der Waals surface area contributed by atoms with Crippen LogP contribution < -0.4 is 11.1 Å². The number of hydrogen-bond acceptors (Lipinski definition) is 3. The molecule has 0 aromatic heterocycles. The number of carbonyl (C=O) groups is 2. The Morgan fingerprint density at radius 3 is 2.45 bits per heavy atom. The zero-order valence-corrected chi connectivity index (χ0v) is 12.9. The van der Waals surface area contributed by atoms with Gasteiger partial charge in [0.2, 0.25) is 5.91 Å².